The number of amides is 1. The van der Waals surface area contributed by atoms with Crippen LogP contribution in [0, 0.1) is 0 Å². The molecule has 0 N–H and O–H groups in total. The highest BCUT2D eigenvalue weighted by Crippen LogP contribution is 2.32. The Morgan fingerprint density at radius 2 is 1.88 bits per heavy atom. The third-order valence-corrected chi connectivity index (χ3v) is 6.98. The summed E-state index contributed by atoms with van der Waals surface area (Å²) in [7, 11) is 4.00. The maximum Gasteiger partial charge on any atom is 0.260 e. The molecule has 1 aliphatic rings. The Labute approximate surface area is 194 Å². The number of nitrogens with zero attached hydrogens (tertiary/aromatic N) is 4. The Bertz CT molecular complexity index is 1040. The van der Waals surface area contributed by atoms with Crippen molar-refractivity contribution in [2.24, 2.45) is 0 Å². The van der Waals surface area contributed by atoms with Gasteiger partial charge in [0, 0.05) is 51.5 Å². The van der Waals surface area contributed by atoms with Crippen LogP contribution in [-0.4, -0.2) is 69.3 Å². The quantitative estimate of drug-likeness (QED) is 0.510. The van der Waals surface area contributed by atoms with Crippen molar-refractivity contribution in [3.63, 3.8) is 0 Å². The molecule has 0 aliphatic carbocycles. The number of morpholine rings is 1. The molecule has 0 bridgehead atoms. The van der Waals surface area contributed by atoms with Crippen LogP contribution in [-0.2, 0) is 11.2 Å². The van der Waals surface area contributed by atoms with Crippen LogP contribution in [0.1, 0.15) is 29.3 Å². The van der Waals surface area contributed by atoms with Crippen LogP contribution in [0.2, 0.25) is 0 Å². The molecule has 1 saturated heterocycles. The van der Waals surface area contributed by atoms with Crippen molar-refractivity contribution in [1.29, 1.82) is 0 Å². The van der Waals surface area contributed by atoms with Gasteiger partial charge in [0.2, 0.25) is 0 Å². The van der Waals surface area contributed by atoms with E-state index in [2.05, 4.69) is 30.0 Å². The molecule has 0 spiro atoms. The molecule has 0 radical (unpaired) electrons. The Balaban J connectivity index is 1.59. The summed E-state index contributed by atoms with van der Waals surface area (Å²) in [5.41, 5.74) is 4.01. The van der Waals surface area contributed by atoms with Crippen LogP contribution in [0.25, 0.3) is 10.2 Å². The number of carbonyl (C=O) groups excluding carboxylic acids is 1. The molecule has 1 aromatic heterocycles. The summed E-state index contributed by atoms with van der Waals surface area (Å²) in [6, 6.07) is 14.1. The van der Waals surface area contributed by atoms with Gasteiger partial charge < -0.3 is 9.64 Å². The Kier molecular flexibility index (Phi) is 7.40. The first-order valence-electron chi connectivity index (χ1n) is 11.3. The van der Waals surface area contributed by atoms with Crippen molar-refractivity contribution in [3.05, 3.63) is 53.6 Å². The van der Waals surface area contributed by atoms with E-state index >= 15 is 0 Å². The van der Waals surface area contributed by atoms with E-state index in [4.69, 9.17) is 9.72 Å². The van der Waals surface area contributed by atoms with Gasteiger partial charge >= 0.3 is 0 Å². The Hall–Kier alpha value is -2.48. The number of rotatable bonds is 8. The number of benzene rings is 2. The molecule has 0 unspecified atom stereocenters. The molecular formula is C25H32N4O2S. The van der Waals surface area contributed by atoms with E-state index in [-0.39, 0.29) is 5.91 Å². The van der Waals surface area contributed by atoms with Crippen molar-refractivity contribution in [1.82, 2.24) is 9.88 Å². The second-order valence-electron chi connectivity index (χ2n) is 8.32. The summed E-state index contributed by atoms with van der Waals surface area (Å²) in [6.07, 6.45) is 1.83. The number of thiazole rings is 1. The van der Waals surface area contributed by atoms with Gasteiger partial charge in [0.05, 0.1) is 23.4 Å². The van der Waals surface area contributed by atoms with Gasteiger partial charge in [-0.2, -0.15) is 0 Å². The van der Waals surface area contributed by atoms with Crippen LogP contribution >= 0.6 is 11.3 Å². The minimum absolute atomic E-state index is 0.00869. The van der Waals surface area contributed by atoms with E-state index in [0.29, 0.717) is 12.1 Å². The molecule has 3 aromatic rings. The van der Waals surface area contributed by atoms with Crippen molar-refractivity contribution in [3.8, 4) is 0 Å². The average Bonchev–Trinajstić information content (AvgIpc) is 3.26. The first-order chi connectivity index (χ1) is 15.6. The van der Waals surface area contributed by atoms with Crippen molar-refractivity contribution < 1.29 is 9.53 Å². The monoisotopic (exact) mass is 452 g/mol. The van der Waals surface area contributed by atoms with Gasteiger partial charge in [0.15, 0.2) is 5.13 Å². The van der Waals surface area contributed by atoms with E-state index in [1.54, 1.807) is 11.3 Å². The zero-order valence-electron chi connectivity index (χ0n) is 19.2. The second kappa shape index (κ2) is 10.4. The van der Waals surface area contributed by atoms with E-state index in [0.717, 1.165) is 66.7 Å². The fraction of sp³-hybridized carbons (Fsp3) is 0.440. The topological polar surface area (TPSA) is 48.9 Å². The standard InChI is InChI=1S/C25H32N4O2S/c1-4-19-7-5-8-22-23(19)26-25(32-22)29(14-6-13-28-15-17-31-18-16-28)24(30)20-9-11-21(12-10-20)27(2)3/h5,7-12H,4,6,13-18H2,1-3H3. The number of carbonyl (C=O) groups is 1. The molecular weight excluding hydrogens is 420 g/mol. The first-order valence-corrected chi connectivity index (χ1v) is 12.2. The highest BCUT2D eigenvalue weighted by molar-refractivity contribution is 7.22. The molecule has 6 nitrogen and oxygen atoms in total. The SMILES string of the molecule is CCc1cccc2sc(N(CCCN3CCOCC3)C(=O)c3ccc(N(C)C)cc3)nc12. The number of aryl methyl sites for hydroxylation is 1. The fourth-order valence-electron chi connectivity index (χ4n) is 4.01. The van der Waals surface area contributed by atoms with E-state index in [1.807, 2.05) is 48.2 Å². The maximum absolute atomic E-state index is 13.6. The Morgan fingerprint density at radius 3 is 2.56 bits per heavy atom. The zero-order chi connectivity index (χ0) is 22.5. The molecule has 1 amide bonds. The van der Waals surface area contributed by atoms with E-state index in [9.17, 15) is 4.79 Å². The van der Waals surface area contributed by atoms with Gasteiger partial charge in [0.25, 0.3) is 5.91 Å². The number of para-hydroxylation sites is 1. The van der Waals surface area contributed by atoms with Gasteiger partial charge in [-0.3, -0.25) is 14.6 Å². The molecule has 2 aromatic carbocycles. The Morgan fingerprint density at radius 1 is 1.12 bits per heavy atom. The molecule has 170 valence electrons. The lowest BCUT2D eigenvalue weighted by Crippen LogP contribution is -2.39. The number of aromatic nitrogens is 1. The third-order valence-electron chi connectivity index (χ3n) is 5.94. The maximum atomic E-state index is 13.6. The van der Waals surface area contributed by atoms with E-state index in [1.165, 1.54) is 5.56 Å². The summed E-state index contributed by atoms with van der Waals surface area (Å²) < 4.78 is 6.59. The summed E-state index contributed by atoms with van der Waals surface area (Å²) in [5, 5.41) is 0.782. The minimum Gasteiger partial charge on any atom is -0.379 e. The largest absolute Gasteiger partial charge is 0.379 e. The predicted molar refractivity (Wildman–Crippen MR) is 133 cm³/mol. The molecule has 7 heteroatoms. The number of ether oxygens (including phenoxy) is 1. The van der Waals surface area contributed by atoms with Crippen LogP contribution in [0.3, 0.4) is 0 Å². The van der Waals surface area contributed by atoms with Gasteiger partial charge in [-0.25, -0.2) is 4.98 Å². The van der Waals surface area contributed by atoms with Crippen LogP contribution < -0.4 is 9.80 Å². The molecule has 32 heavy (non-hydrogen) atoms. The summed E-state index contributed by atoms with van der Waals surface area (Å²) in [5.74, 6) is 0.00869. The van der Waals surface area contributed by atoms with Gasteiger partial charge in [-0.15, -0.1) is 0 Å². The lowest BCUT2D eigenvalue weighted by Gasteiger charge is -2.27. The number of fused-ring (bicyclic) bond motifs is 1. The molecule has 1 aliphatic heterocycles. The van der Waals surface area contributed by atoms with Crippen LogP contribution in [0.15, 0.2) is 42.5 Å². The predicted octanol–water partition coefficient (Wildman–Crippen LogP) is 4.29. The smallest absolute Gasteiger partial charge is 0.260 e. The normalized spacial score (nSPS) is 14.6. The molecule has 0 saturated carbocycles. The second-order valence-corrected chi connectivity index (χ2v) is 9.33. The van der Waals surface area contributed by atoms with Crippen LogP contribution in [0.4, 0.5) is 10.8 Å². The van der Waals surface area contributed by atoms with Gasteiger partial charge in [-0.05, 0) is 48.7 Å². The van der Waals surface area contributed by atoms with Gasteiger partial charge in [0.1, 0.15) is 0 Å². The third kappa shape index (κ3) is 5.11. The van der Waals surface area contributed by atoms with Gasteiger partial charge in [-0.1, -0.05) is 30.4 Å². The highest BCUT2D eigenvalue weighted by atomic mass is 32.1. The number of hydrogen-bond donors (Lipinski definition) is 0. The first kappa shape index (κ1) is 22.7. The van der Waals surface area contributed by atoms with Crippen molar-refractivity contribution in [2.45, 2.75) is 19.8 Å². The summed E-state index contributed by atoms with van der Waals surface area (Å²) in [4.78, 5) is 24.8. The molecule has 2 heterocycles. The molecule has 0 atom stereocenters. The zero-order valence-corrected chi connectivity index (χ0v) is 20.0. The van der Waals surface area contributed by atoms with Crippen LogP contribution in [0.5, 0.6) is 0 Å². The number of hydrogen-bond acceptors (Lipinski definition) is 6. The van der Waals surface area contributed by atoms with Crippen molar-refractivity contribution >= 4 is 38.3 Å². The minimum atomic E-state index is 0.00869. The molecule has 1 fully saturated rings. The lowest BCUT2D eigenvalue weighted by atomic mass is 10.1. The van der Waals surface area contributed by atoms with E-state index < -0.39 is 0 Å². The van der Waals surface area contributed by atoms with Crippen molar-refractivity contribution in [2.75, 3.05) is 63.3 Å². The molecule has 4 rings (SSSR count). The average molecular weight is 453 g/mol. The summed E-state index contributed by atoms with van der Waals surface area (Å²) >= 11 is 1.60. The lowest BCUT2D eigenvalue weighted by molar-refractivity contribution is 0.0376. The fourth-order valence-corrected chi connectivity index (χ4v) is 5.05. The highest BCUT2D eigenvalue weighted by Gasteiger charge is 2.22. The summed E-state index contributed by atoms with van der Waals surface area (Å²) in [6.45, 7) is 7.25. The number of anilines is 2.